The van der Waals surface area contributed by atoms with Gasteiger partial charge >= 0.3 is 0 Å². The zero-order valence-corrected chi connectivity index (χ0v) is 9.67. The quantitative estimate of drug-likeness (QED) is 0.553. The topological polar surface area (TPSA) is 126 Å². The number of hydrogen-bond acceptors (Lipinski definition) is 8. The summed E-state index contributed by atoms with van der Waals surface area (Å²) >= 11 is 0. The van der Waals surface area contributed by atoms with Crippen LogP contribution >= 0.6 is 0 Å². The first-order valence-electron chi connectivity index (χ1n) is 5.53. The van der Waals surface area contributed by atoms with Crippen molar-refractivity contribution in [2.45, 2.75) is 31.8 Å². The van der Waals surface area contributed by atoms with Gasteiger partial charge in [-0.25, -0.2) is 0 Å². The van der Waals surface area contributed by atoms with Gasteiger partial charge in [0.05, 0.1) is 0 Å². The van der Waals surface area contributed by atoms with E-state index < -0.39 is 0 Å². The Bertz CT molecular complexity index is 379. The highest BCUT2D eigenvalue weighted by atomic mass is 16.5. The number of nitrogens with zero attached hydrogens (tertiary/aromatic N) is 4. The molecule has 8 heteroatoms. The zero-order valence-electron chi connectivity index (χ0n) is 9.67. The highest BCUT2D eigenvalue weighted by Crippen LogP contribution is 2.18. The fraction of sp³-hybridized carbons (Fsp3) is 0.667. The molecule has 1 aliphatic heterocycles. The predicted molar refractivity (Wildman–Crippen MR) is 63.3 cm³/mol. The first-order valence-corrected chi connectivity index (χ1v) is 5.53. The predicted octanol–water partition coefficient (Wildman–Crippen LogP) is -0.310. The lowest BCUT2D eigenvalue weighted by Crippen LogP contribution is -2.43. The molecule has 1 fully saturated rings. The second kappa shape index (κ2) is 4.68. The van der Waals surface area contributed by atoms with Crippen LogP contribution in [0.15, 0.2) is 0 Å². The van der Waals surface area contributed by atoms with Crippen molar-refractivity contribution >= 4 is 17.8 Å². The number of nitrogens with two attached hydrogens (primary N) is 2. The maximum Gasteiger partial charge on any atom is 0.229 e. The summed E-state index contributed by atoms with van der Waals surface area (Å²) in [5.41, 5.74) is 11.0. The summed E-state index contributed by atoms with van der Waals surface area (Å²) in [7, 11) is 0. The van der Waals surface area contributed by atoms with Gasteiger partial charge in [-0.15, -0.1) is 0 Å². The van der Waals surface area contributed by atoms with Crippen LogP contribution < -0.4 is 16.8 Å². The first kappa shape index (κ1) is 11.8. The minimum absolute atomic E-state index is 0.104. The largest absolute Gasteiger partial charge is 0.368 e. The molecule has 1 saturated heterocycles. The van der Waals surface area contributed by atoms with Gasteiger partial charge in [0.1, 0.15) is 0 Å². The fourth-order valence-corrected chi connectivity index (χ4v) is 1.95. The summed E-state index contributed by atoms with van der Waals surface area (Å²) in [6.45, 7) is 2.58. The van der Waals surface area contributed by atoms with E-state index in [0.29, 0.717) is 12.5 Å². The Morgan fingerprint density at radius 3 is 2.53 bits per heavy atom. The Labute approximate surface area is 99.0 Å². The van der Waals surface area contributed by atoms with Gasteiger partial charge in [0.25, 0.3) is 0 Å². The van der Waals surface area contributed by atoms with Crippen LogP contribution in [0, 0.1) is 0 Å². The molecule has 0 spiro atoms. The lowest BCUT2D eigenvalue weighted by molar-refractivity contribution is -0.137. The molecule has 2 atom stereocenters. The van der Waals surface area contributed by atoms with Crippen molar-refractivity contribution in [3.8, 4) is 0 Å². The summed E-state index contributed by atoms with van der Waals surface area (Å²) in [6, 6.07) is 0.312. The highest BCUT2D eigenvalue weighted by molar-refractivity contribution is 5.37. The van der Waals surface area contributed by atoms with Crippen molar-refractivity contribution in [1.29, 1.82) is 0 Å². The smallest absolute Gasteiger partial charge is 0.229 e. The van der Waals surface area contributed by atoms with Gasteiger partial charge in [0, 0.05) is 18.6 Å². The molecule has 0 radical (unpaired) electrons. The maximum atomic E-state index is 9.47. The van der Waals surface area contributed by atoms with Crippen LogP contribution in [0.4, 0.5) is 17.8 Å². The van der Waals surface area contributed by atoms with Crippen LogP contribution in [0.3, 0.4) is 0 Å². The average Bonchev–Trinajstić information content (AvgIpc) is 2.22. The number of aromatic nitrogens is 3. The second-order valence-electron chi connectivity index (χ2n) is 4.25. The van der Waals surface area contributed by atoms with Gasteiger partial charge < -0.3 is 22.0 Å². The third-order valence-corrected chi connectivity index (χ3v) is 2.84. The number of hydrogen-bond donors (Lipinski definition) is 4. The molecule has 0 bridgehead atoms. The molecule has 17 heavy (non-hydrogen) atoms. The van der Waals surface area contributed by atoms with E-state index in [2.05, 4.69) is 20.3 Å². The number of nitrogen functional groups attached to an aromatic ring is 2. The van der Waals surface area contributed by atoms with Crippen molar-refractivity contribution in [3.05, 3.63) is 0 Å². The Morgan fingerprint density at radius 1 is 1.29 bits per heavy atom. The van der Waals surface area contributed by atoms with Crippen LogP contribution in [0.1, 0.15) is 19.8 Å². The van der Waals surface area contributed by atoms with Crippen molar-refractivity contribution in [3.63, 3.8) is 0 Å². The minimum atomic E-state index is 0.104. The Hall–Kier alpha value is -1.67. The molecule has 8 nitrogen and oxygen atoms in total. The molecule has 1 aromatic heterocycles. The monoisotopic (exact) mass is 239 g/mol. The van der Waals surface area contributed by atoms with Gasteiger partial charge in [-0.2, -0.15) is 20.0 Å². The van der Waals surface area contributed by atoms with E-state index in [-0.39, 0.29) is 24.0 Å². The normalized spacial score (nSPS) is 25.8. The molecule has 1 aromatic rings. The summed E-state index contributed by atoms with van der Waals surface area (Å²) in [5, 5.41) is 14.0. The third-order valence-electron chi connectivity index (χ3n) is 2.84. The Kier molecular flexibility index (Phi) is 3.25. The molecule has 0 amide bonds. The SMILES string of the molecule is CC1CC(Nc2nc(N)nc(N)n2)CCN1O. The van der Waals surface area contributed by atoms with E-state index in [9.17, 15) is 5.21 Å². The van der Waals surface area contributed by atoms with Crippen LogP contribution in [-0.4, -0.2) is 43.9 Å². The lowest BCUT2D eigenvalue weighted by atomic mass is 10.0. The molecule has 94 valence electrons. The molecule has 1 aliphatic rings. The van der Waals surface area contributed by atoms with Gasteiger partial charge in [-0.1, -0.05) is 0 Å². The number of nitrogens with one attached hydrogen (secondary N) is 1. The van der Waals surface area contributed by atoms with E-state index in [1.165, 1.54) is 5.06 Å². The standard InChI is InChI=1S/C9H17N7O/c1-5-4-6(2-3-16(5)17)12-9-14-7(10)13-8(11)15-9/h5-6,17H,2-4H2,1H3,(H5,10,11,12,13,14,15). The number of piperidine rings is 1. The van der Waals surface area contributed by atoms with E-state index in [4.69, 9.17) is 11.5 Å². The first-order chi connectivity index (χ1) is 8.04. The van der Waals surface area contributed by atoms with E-state index in [1.54, 1.807) is 0 Å². The van der Waals surface area contributed by atoms with Gasteiger partial charge in [-0.3, -0.25) is 0 Å². The number of rotatable bonds is 2. The van der Waals surface area contributed by atoms with Gasteiger partial charge in [0.2, 0.25) is 17.8 Å². The molecule has 2 unspecified atom stereocenters. The summed E-state index contributed by atoms with van der Waals surface area (Å²) in [6.07, 6.45) is 1.62. The zero-order chi connectivity index (χ0) is 12.4. The molecule has 2 rings (SSSR count). The molecular weight excluding hydrogens is 222 g/mol. The van der Waals surface area contributed by atoms with Gasteiger partial charge in [-0.05, 0) is 19.8 Å². The summed E-state index contributed by atoms with van der Waals surface area (Å²) < 4.78 is 0. The van der Waals surface area contributed by atoms with Gasteiger partial charge in [0.15, 0.2) is 0 Å². The molecule has 0 aliphatic carbocycles. The van der Waals surface area contributed by atoms with Crippen molar-refractivity contribution in [2.24, 2.45) is 0 Å². The van der Waals surface area contributed by atoms with E-state index in [0.717, 1.165) is 12.8 Å². The average molecular weight is 239 g/mol. The molecule has 2 heterocycles. The number of hydroxylamine groups is 2. The second-order valence-corrected chi connectivity index (χ2v) is 4.25. The van der Waals surface area contributed by atoms with Crippen LogP contribution in [0.5, 0.6) is 0 Å². The molecule has 6 N–H and O–H groups in total. The molecular formula is C9H17N7O. The van der Waals surface area contributed by atoms with Crippen molar-refractivity contribution in [2.75, 3.05) is 23.3 Å². The Morgan fingerprint density at radius 2 is 1.94 bits per heavy atom. The summed E-state index contributed by atoms with van der Waals surface area (Å²) in [5.74, 6) is 0.596. The lowest BCUT2D eigenvalue weighted by Gasteiger charge is -2.33. The van der Waals surface area contributed by atoms with E-state index >= 15 is 0 Å². The maximum absolute atomic E-state index is 9.47. The summed E-state index contributed by atoms with van der Waals surface area (Å²) in [4.78, 5) is 11.6. The highest BCUT2D eigenvalue weighted by Gasteiger charge is 2.24. The third kappa shape index (κ3) is 2.92. The van der Waals surface area contributed by atoms with Crippen molar-refractivity contribution < 1.29 is 5.21 Å². The molecule has 0 aromatic carbocycles. The Balaban J connectivity index is 2.01. The van der Waals surface area contributed by atoms with Crippen molar-refractivity contribution in [1.82, 2.24) is 20.0 Å². The minimum Gasteiger partial charge on any atom is -0.368 e. The van der Waals surface area contributed by atoms with Crippen LogP contribution in [0.25, 0.3) is 0 Å². The molecule has 0 saturated carbocycles. The van der Waals surface area contributed by atoms with E-state index in [1.807, 2.05) is 6.92 Å². The number of anilines is 3. The van der Waals surface area contributed by atoms with Crippen LogP contribution in [0.2, 0.25) is 0 Å². The van der Waals surface area contributed by atoms with Crippen LogP contribution in [-0.2, 0) is 0 Å². The fourth-order valence-electron chi connectivity index (χ4n) is 1.95.